The Balaban J connectivity index is 2.16. The lowest BCUT2D eigenvalue weighted by molar-refractivity contribution is -0.0608. The van der Waals surface area contributed by atoms with Crippen LogP contribution >= 0.6 is 0 Å². The summed E-state index contributed by atoms with van der Waals surface area (Å²) < 4.78 is 4.83. The van der Waals surface area contributed by atoms with Crippen molar-refractivity contribution in [3.05, 3.63) is 0 Å². The molecule has 1 amide bonds. The molecule has 0 spiro atoms. The van der Waals surface area contributed by atoms with E-state index in [2.05, 4.69) is 0 Å². The van der Waals surface area contributed by atoms with Gasteiger partial charge in [0.2, 0.25) is 0 Å². The number of rotatable bonds is 0. The lowest BCUT2D eigenvalue weighted by atomic mass is 10.2. The van der Waals surface area contributed by atoms with Crippen molar-refractivity contribution in [2.45, 2.75) is 31.4 Å². The SMILES string of the molecule is O=C1OC2CCCC2N1O. The highest BCUT2D eigenvalue weighted by Gasteiger charge is 2.44. The summed E-state index contributed by atoms with van der Waals surface area (Å²) in [6.07, 6.45) is 2.17. The van der Waals surface area contributed by atoms with Gasteiger partial charge in [-0.2, -0.15) is 5.06 Å². The fourth-order valence-electron chi connectivity index (χ4n) is 1.64. The summed E-state index contributed by atoms with van der Waals surface area (Å²) in [6.45, 7) is 0. The summed E-state index contributed by atoms with van der Waals surface area (Å²) in [5.74, 6) is 0. The first-order valence-electron chi connectivity index (χ1n) is 3.48. The molecule has 2 unspecified atom stereocenters. The average molecular weight is 143 g/mol. The maximum Gasteiger partial charge on any atom is 0.434 e. The lowest BCUT2D eigenvalue weighted by Crippen LogP contribution is -2.30. The zero-order valence-electron chi connectivity index (χ0n) is 5.49. The molecule has 10 heavy (non-hydrogen) atoms. The van der Waals surface area contributed by atoms with E-state index in [-0.39, 0.29) is 12.1 Å². The molecular formula is C6H9NO3. The van der Waals surface area contributed by atoms with Gasteiger partial charge in [0.1, 0.15) is 6.10 Å². The van der Waals surface area contributed by atoms with Crippen molar-refractivity contribution in [3.63, 3.8) is 0 Å². The third-order valence-corrected chi connectivity index (χ3v) is 2.17. The predicted molar refractivity (Wildman–Crippen MR) is 31.5 cm³/mol. The predicted octanol–water partition coefficient (Wildman–Crippen LogP) is 0.749. The number of fused-ring (bicyclic) bond motifs is 1. The topological polar surface area (TPSA) is 49.8 Å². The molecule has 2 aliphatic rings. The van der Waals surface area contributed by atoms with Crippen LogP contribution in [0, 0.1) is 0 Å². The van der Waals surface area contributed by atoms with E-state index in [0.29, 0.717) is 0 Å². The van der Waals surface area contributed by atoms with E-state index >= 15 is 0 Å². The van der Waals surface area contributed by atoms with Crippen LogP contribution in [0.2, 0.25) is 0 Å². The lowest BCUT2D eigenvalue weighted by Gasteiger charge is -2.09. The summed E-state index contributed by atoms with van der Waals surface area (Å²) in [6, 6.07) is -0.0625. The summed E-state index contributed by atoms with van der Waals surface area (Å²) in [5, 5.41) is 9.75. The number of nitrogens with zero attached hydrogens (tertiary/aromatic N) is 1. The third kappa shape index (κ3) is 0.623. The summed E-state index contributed by atoms with van der Waals surface area (Å²) >= 11 is 0. The molecule has 56 valence electrons. The van der Waals surface area contributed by atoms with Crippen LogP contribution in [0.4, 0.5) is 4.79 Å². The van der Waals surface area contributed by atoms with Crippen LogP contribution in [0.1, 0.15) is 19.3 Å². The molecule has 4 heteroatoms. The van der Waals surface area contributed by atoms with Crippen LogP contribution in [-0.2, 0) is 4.74 Å². The molecule has 0 aromatic rings. The van der Waals surface area contributed by atoms with Crippen molar-refractivity contribution in [1.29, 1.82) is 0 Å². The number of hydrogen-bond acceptors (Lipinski definition) is 3. The Hall–Kier alpha value is -0.770. The van der Waals surface area contributed by atoms with Gasteiger partial charge >= 0.3 is 6.09 Å². The summed E-state index contributed by atoms with van der Waals surface area (Å²) in [4.78, 5) is 10.6. The molecule has 1 saturated heterocycles. The van der Waals surface area contributed by atoms with Gasteiger partial charge in [0.15, 0.2) is 0 Å². The standard InChI is InChI=1S/C6H9NO3/c8-6-7(9)4-2-1-3-5(4)10-6/h4-5,9H,1-3H2. The highest BCUT2D eigenvalue weighted by Crippen LogP contribution is 2.31. The Kier molecular flexibility index (Phi) is 1.11. The molecule has 0 bridgehead atoms. The maximum absolute atomic E-state index is 10.6. The number of amides is 1. The van der Waals surface area contributed by atoms with Crippen LogP contribution in [0.3, 0.4) is 0 Å². The molecule has 1 aliphatic carbocycles. The van der Waals surface area contributed by atoms with Crippen molar-refractivity contribution in [1.82, 2.24) is 5.06 Å². The van der Waals surface area contributed by atoms with E-state index < -0.39 is 6.09 Å². The first-order valence-corrected chi connectivity index (χ1v) is 3.48. The highest BCUT2D eigenvalue weighted by atomic mass is 16.7. The van der Waals surface area contributed by atoms with Crippen LogP contribution < -0.4 is 0 Å². The fraction of sp³-hybridized carbons (Fsp3) is 0.833. The van der Waals surface area contributed by atoms with Crippen LogP contribution in [-0.4, -0.2) is 28.5 Å². The zero-order valence-corrected chi connectivity index (χ0v) is 5.49. The number of carbonyl (C=O) groups excluding carboxylic acids is 1. The molecular weight excluding hydrogens is 134 g/mol. The largest absolute Gasteiger partial charge is 0.442 e. The van der Waals surface area contributed by atoms with Gasteiger partial charge in [-0.15, -0.1) is 0 Å². The molecule has 0 radical (unpaired) electrons. The van der Waals surface area contributed by atoms with Gasteiger partial charge in [0.05, 0.1) is 6.04 Å². The van der Waals surface area contributed by atoms with Gasteiger partial charge in [-0.1, -0.05) is 0 Å². The summed E-state index contributed by atoms with van der Waals surface area (Å²) in [5.41, 5.74) is 0. The third-order valence-electron chi connectivity index (χ3n) is 2.17. The van der Waals surface area contributed by atoms with Gasteiger partial charge in [0, 0.05) is 0 Å². The van der Waals surface area contributed by atoms with Crippen LogP contribution in [0.25, 0.3) is 0 Å². The van der Waals surface area contributed by atoms with E-state index in [0.717, 1.165) is 24.3 Å². The first kappa shape index (κ1) is 5.97. The second kappa shape index (κ2) is 1.85. The Bertz CT molecular complexity index is 170. The quantitative estimate of drug-likeness (QED) is 0.509. The molecule has 2 fully saturated rings. The first-order chi connectivity index (χ1) is 4.79. The second-order valence-corrected chi connectivity index (χ2v) is 2.77. The molecule has 1 aliphatic heterocycles. The molecule has 2 atom stereocenters. The Morgan fingerprint density at radius 3 is 3.10 bits per heavy atom. The van der Waals surface area contributed by atoms with E-state index in [9.17, 15) is 4.79 Å². The maximum atomic E-state index is 10.6. The molecule has 0 aromatic carbocycles. The van der Waals surface area contributed by atoms with Crippen molar-refractivity contribution in [2.24, 2.45) is 0 Å². The van der Waals surface area contributed by atoms with E-state index in [1.807, 2.05) is 0 Å². The highest BCUT2D eigenvalue weighted by molar-refractivity contribution is 5.69. The Morgan fingerprint density at radius 2 is 2.40 bits per heavy atom. The van der Waals surface area contributed by atoms with E-state index in [1.54, 1.807) is 0 Å². The number of hydroxylamine groups is 2. The number of carbonyl (C=O) groups is 1. The number of ether oxygens (including phenoxy) is 1. The number of hydrogen-bond donors (Lipinski definition) is 1. The van der Waals surface area contributed by atoms with Crippen molar-refractivity contribution < 1.29 is 14.7 Å². The van der Waals surface area contributed by atoms with Gasteiger partial charge in [-0.05, 0) is 19.3 Å². The summed E-state index contributed by atoms with van der Waals surface area (Å²) in [7, 11) is 0. The molecule has 1 saturated carbocycles. The minimum absolute atomic E-state index is 0.0440. The van der Waals surface area contributed by atoms with Crippen LogP contribution in [0.15, 0.2) is 0 Å². The van der Waals surface area contributed by atoms with Gasteiger partial charge in [-0.3, -0.25) is 5.21 Å². The minimum Gasteiger partial charge on any atom is -0.442 e. The van der Waals surface area contributed by atoms with Crippen molar-refractivity contribution in [2.75, 3.05) is 0 Å². The Morgan fingerprint density at radius 1 is 1.60 bits per heavy atom. The van der Waals surface area contributed by atoms with E-state index in [4.69, 9.17) is 9.94 Å². The normalized spacial score (nSPS) is 38.1. The molecule has 1 heterocycles. The average Bonchev–Trinajstić information content (AvgIpc) is 2.41. The smallest absolute Gasteiger partial charge is 0.434 e. The van der Waals surface area contributed by atoms with E-state index in [1.165, 1.54) is 0 Å². The fourth-order valence-corrected chi connectivity index (χ4v) is 1.64. The molecule has 0 aromatic heterocycles. The second-order valence-electron chi connectivity index (χ2n) is 2.77. The van der Waals surface area contributed by atoms with Gasteiger partial charge in [-0.25, -0.2) is 4.79 Å². The minimum atomic E-state index is -0.588. The molecule has 1 N–H and O–H groups in total. The monoisotopic (exact) mass is 143 g/mol. The van der Waals surface area contributed by atoms with Crippen molar-refractivity contribution >= 4 is 6.09 Å². The molecule has 2 rings (SSSR count). The Labute approximate surface area is 58.3 Å². The van der Waals surface area contributed by atoms with Gasteiger partial charge < -0.3 is 4.74 Å². The molecule has 4 nitrogen and oxygen atoms in total. The van der Waals surface area contributed by atoms with Gasteiger partial charge in [0.25, 0.3) is 0 Å². The van der Waals surface area contributed by atoms with Crippen molar-refractivity contribution in [3.8, 4) is 0 Å². The van der Waals surface area contributed by atoms with Crippen LogP contribution in [0.5, 0.6) is 0 Å². The zero-order chi connectivity index (χ0) is 7.14.